The van der Waals surface area contributed by atoms with Gasteiger partial charge in [0.1, 0.15) is 0 Å². The van der Waals surface area contributed by atoms with Gasteiger partial charge in [-0.2, -0.15) is 0 Å². The van der Waals surface area contributed by atoms with Gasteiger partial charge in [-0.15, -0.1) is 11.3 Å². The first kappa shape index (κ1) is 30.5. The third kappa shape index (κ3) is 4.60. The Morgan fingerprint density at radius 1 is 0.309 bits per heavy atom. The maximum absolute atomic E-state index is 2.46. The molecule has 0 fully saturated rings. The van der Waals surface area contributed by atoms with Crippen LogP contribution in [0, 0.1) is 0 Å². The molecule has 0 saturated carbocycles. The summed E-state index contributed by atoms with van der Waals surface area (Å²) in [6, 6.07) is 71.4. The van der Waals surface area contributed by atoms with Gasteiger partial charge in [-0.3, -0.25) is 0 Å². The Kier molecular flexibility index (Phi) is 6.54. The number of benzene rings is 9. The molecule has 256 valence electrons. The standard InChI is InChI=1S/C52H32N2S/c1-2-11-33(12-3-1)36-15-10-16-39(29-36)54-48-27-23-38(32-45(48)51-49(54)28-25-43-42-18-7-9-20-50(42)55-52(43)51)37-22-26-47-44(31-37)41-17-6-8-19-46(41)53(47)40-24-21-34-13-4-5-14-35(34)30-40/h1-32H. The second kappa shape index (κ2) is 11.8. The van der Waals surface area contributed by atoms with E-state index in [4.69, 9.17) is 0 Å². The van der Waals surface area contributed by atoms with E-state index in [0.29, 0.717) is 0 Å². The Morgan fingerprint density at radius 2 is 0.927 bits per heavy atom. The minimum absolute atomic E-state index is 1.16. The van der Waals surface area contributed by atoms with Gasteiger partial charge in [-0.25, -0.2) is 0 Å². The number of hydrogen-bond donors (Lipinski definition) is 0. The lowest BCUT2D eigenvalue weighted by atomic mass is 10.00. The molecule has 0 aliphatic rings. The van der Waals surface area contributed by atoms with Crippen LogP contribution < -0.4 is 0 Å². The van der Waals surface area contributed by atoms with Gasteiger partial charge in [0, 0.05) is 53.1 Å². The molecule has 0 N–H and O–H groups in total. The summed E-state index contributed by atoms with van der Waals surface area (Å²) in [5, 5.41) is 10.2. The molecule has 3 aromatic heterocycles. The first-order valence-corrected chi connectivity index (χ1v) is 19.7. The van der Waals surface area contributed by atoms with Crippen molar-refractivity contribution in [3.05, 3.63) is 194 Å². The lowest BCUT2D eigenvalue weighted by molar-refractivity contribution is 1.18. The Bertz CT molecular complexity index is 3490. The highest BCUT2D eigenvalue weighted by atomic mass is 32.1. The van der Waals surface area contributed by atoms with Crippen molar-refractivity contribution in [3.63, 3.8) is 0 Å². The summed E-state index contributed by atoms with van der Waals surface area (Å²) in [7, 11) is 0. The minimum atomic E-state index is 1.16. The highest BCUT2D eigenvalue weighted by Gasteiger charge is 2.20. The second-order valence-corrected chi connectivity index (χ2v) is 15.6. The maximum atomic E-state index is 2.46. The van der Waals surface area contributed by atoms with Gasteiger partial charge in [0.05, 0.1) is 22.1 Å². The highest BCUT2D eigenvalue weighted by Crippen LogP contribution is 2.45. The largest absolute Gasteiger partial charge is 0.309 e. The Morgan fingerprint density at radius 3 is 1.80 bits per heavy atom. The number of hydrogen-bond acceptors (Lipinski definition) is 1. The van der Waals surface area contributed by atoms with Crippen molar-refractivity contribution >= 4 is 85.9 Å². The Balaban J connectivity index is 1.09. The number of aromatic nitrogens is 2. The monoisotopic (exact) mass is 716 g/mol. The van der Waals surface area contributed by atoms with Gasteiger partial charge >= 0.3 is 0 Å². The van der Waals surface area contributed by atoms with E-state index in [9.17, 15) is 0 Å². The van der Waals surface area contributed by atoms with Crippen molar-refractivity contribution in [2.75, 3.05) is 0 Å². The van der Waals surface area contributed by atoms with Crippen LogP contribution in [0.25, 0.3) is 108 Å². The summed E-state index contributed by atoms with van der Waals surface area (Å²) in [5.41, 5.74) is 12.1. The zero-order chi connectivity index (χ0) is 36.0. The molecule has 3 heterocycles. The van der Waals surface area contributed by atoms with E-state index in [-0.39, 0.29) is 0 Å². The lowest BCUT2D eigenvalue weighted by Crippen LogP contribution is -1.94. The molecular formula is C52H32N2S. The summed E-state index contributed by atoms with van der Waals surface area (Å²) in [6.45, 7) is 0. The average molecular weight is 717 g/mol. The second-order valence-electron chi connectivity index (χ2n) is 14.5. The summed E-state index contributed by atoms with van der Waals surface area (Å²) in [4.78, 5) is 0. The predicted octanol–water partition coefficient (Wildman–Crippen LogP) is 14.7. The van der Waals surface area contributed by atoms with E-state index in [0.717, 1.165) is 5.69 Å². The topological polar surface area (TPSA) is 9.86 Å². The number of rotatable bonds is 4. The molecule has 0 aliphatic heterocycles. The van der Waals surface area contributed by atoms with Gasteiger partial charge < -0.3 is 9.13 Å². The Labute approximate surface area is 321 Å². The molecular weight excluding hydrogens is 685 g/mol. The molecule has 12 rings (SSSR count). The minimum Gasteiger partial charge on any atom is -0.309 e. The first-order chi connectivity index (χ1) is 27.3. The van der Waals surface area contributed by atoms with Gasteiger partial charge in [-0.05, 0) is 99.8 Å². The number of thiophene rings is 1. The number of para-hydroxylation sites is 1. The summed E-state index contributed by atoms with van der Waals surface area (Å²) in [6.07, 6.45) is 0. The van der Waals surface area contributed by atoms with Crippen LogP contribution in [-0.4, -0.2) is 9.13 Å². The predicted molar refractivity (Wildman–Crippen MR) is 236 cm³/mol. The molecule has 3 heteroatoms. The molecule has 0 amide bonds. The van der Waals surface area contributed by atoms with E-state index in [1.807, 2.05) is 11.3 Å². The van der Waals surface area contributed by atoms with E-state index < -0.39 is 0 Å². The van der Waals surface area contributed by atoms with Crippen LogP contribution >= 0.6 is 11.3 Å². The van der Waals surface area contributed by atoms with Crippen LogP contribution in [0.4, 0.5) is 0 Å². The molecule has 9 aromatic carbocycles. The van der Waals surface area contributed by atoms with Crippen LogP contribution in [0.15, 0.2) is 194 Å². The fourth-order valence-electron chi connectivity index (χ4n) is 8.95. The molecule has 0 atom stereocenters. The molecule has 0 aliphatic carbocycles. The van der Waals surface area contributed by atoms with Crippen molar-refractivity contribution in [1.82, 2.24) is 9.13 Å². The van der Waals surface area contributed by atoms with E-state index in [2.05, 4.69) is 203 Å². The van der Waals surface area contributed by atoms with E-state index >= 15 is 0 Å². The average Bonchev–Trinajstić information content (AvgIpc) is 3.91. The zero-order valence-corrected chi connectivity index (χ0v) is 30.6. The van der Waals surface area contributed by atoms with Crippen molar-refractivity contribution in [2.24, 2.45) is 0 Å². The molecule has 55 heavy (non-hydrogen) atoms. The van der Waals surface area contributed by atoms with Gasteiger partial charge in [0.2, 0.25) is 0 Å². The van der Waals surface area contributed by atoms with Crippen LogP contribution in [0.5, 0.6) is 0 Å². The highest BCUT2D eigenvalue weighted by molar-refractivity contribution is 7.26. The van der Waals surface area contributed by atoms with Crippen molar-refractivity contribution < 1.29 is 0 Å². The van der Waals surface area contributed by atoms with Gasteiger partial charge in [-0.1, -0.05) is 127 Å². The molecule has 0 unspecified atom stereocenters. The fraction of sp³-hybridized carbons (Fsp3) is 0. The number of fused-ring (bicyclic) bond motifs is 11. The quantitative estimate of drug-likeness (QED) is 0.172. The maximum Gasteiger partial charge on any atom is 0.0555 e. The van der Waals surface area contributed by atoms with Crippen LogP contribution in [-0.2, 0) is 0 Å². The van der Waals surface area contributed by atoms with Crippen molar-refractivity contribution in [1.29, 1.82) is 0 Å². The number of nitrogens with zero attached hydrogens (tertiary/aromatic N) is 2. The lowest BCUT2D eigenvalue weighted by Gasteiger charge is -2.11. The summed E-state index contributed by atoms with van der Waals surface area (Å²) >= 11 is 1.90. The molecule has 0 bridgehead atoms. The molecule has 2 nitrogen and oxygen atoms in total. The summed E-state index contributed by atoms with van der Waals surface area (Å²) < 4.78 is 7.54. The zero-order valence-electron chi connectivity index (χ0n) is 29.8. The van der Waals surface area contributed by atoms with Gasteiger partial charge in [0.15, 0.2) is 0 Å². The summed E-state index contributed by atoms with van der Waals surface area (Å²) in [5.74, 6) is 0. The van der Waals surface area contributed by atoms with Gasteiger partial charge in [0.25, 0.3) is 0 Å². The fourth-order valence-corrected chi connectivity index (χ4v) is 10.2. The molecule has 0 spiro atoms. The molecule has 12 aromatic rings. The smallest absolute Gasteiger partial charge is 0.0555 e. The van der Waals surface area contributed by atoms with Crippen LogP contribution in [0.2, 0.25) is 0 Å². The third-order valence-electron chi connectivity index (χ3n) is 11.5. The third-order valence-corrected chi connectivity index (χ3v) is 12.7. The van der Waals surface area contributed by atoms with Crippen molar-refractivity contribution in [3.8, 4) is 33.6 Å². The van der Waals surface area contributed by atoms with E-state index in [1.165, 1.54) is 102 Å². The molecule has 0 radical (unpaired) electrons. The van der Waals surface area contributed by atoms with Crippen molar-refractivity contribution in [2.45, 2.75) is 0 Å². The first-order valence-electron chi connectivity index (χ1n) is 18.8. The SMILES string of the molecule is c1ccc(-c2cccc(-n3c4ccc(-c5ccc6c(c5)c5ccccc5n6-c5ccc6ccccc6c5)cc4c4c5sc6ccccc6c5ccc43)c2)cc1. The molecule has 0 saturated heterocycles. The Hall–Kier alpha value is -6.94. The normalized spacial score (nSPS) is 12.0. The van der Waals surface area contributed by atoms with Crippen LogP contribution in [0.1, 0.15) is 0 Å². The van der Waals surface area contributed by atoms with Crippen LogP contribution in [0.3, 0.4) is 0 Å². The van der Waals surface area contributed by atoms with E-state index in [1.54, 1.807) is 0 Å².